The van der Waals surface area contributed by atoms with E-state index in [0.717, 1.165) is 44.2 Å². The van der Waals surface area contributed by atoms with Gasteiger partial charge in [0, 0.05) is 27.2 Å². The van der Waals surface area contributed by atoms with Crippen LogP contribution in [0.25, 0.3) is 10.9 Å². The normalized spacial score (nSPS) is 10.8. The third-order valence-electron chi connectivity index (χ3n) is 3.86. The average molecular weight is 340 g/mol. The molecular weight excluding hydrogens is 320 g/mol. The predicted octanol–water partition coefficient (Wildman–Crippen LogP) is 4.43. The van der Waals surface area contributed by atoms with Gasteiger partial charge in [0.25, 0.3) is 0 Å². The van der Waals surface area contributed by atoms with E-state index in [4.69, 9.17) is 15.2 Å². The maximum atomic E-state index is 6.07. The van der Waals surface area contributed by atoms with Gasteiger partial charge in [-0.2, -0.15) is 0 Å². The molecule has 2 N–H and O–H groups in total. The van der Waals surface area contributed by atoms with Gasteiger partial charge in [-0.3, -0.25) is 4.98 Å². The summed E-state index contributed by atoms with van der Waals surface area (Å²) in [4.78, 5) is 5.50. The summed E-state index contributed by atoms with van der Waals surface area (Å²) in [5.41, 5.74) is 9.75. The number of nitrogens with two attached hydrogens (primary N) is 1. The summed E-state index contributed by atoms with van der Waals surface area (Å²) in [6, 6.07) is 13.7. The number of benzene rings is 2. The van der Waals surface area contributed by atoms with Crippen LogP contribution in [0.2, 0.25) is 0 Å². The summed E-state index contributed by atoms with van der Waals surface area (Å²) in [5, 5.41) is 1.06. The topological polar surface area (TPSA) is 57.4 Å². The lowest BCUT2D eigenvalue weighted by molar-refractivity contribution is 0.294. The number of nitrogen functional groups attached to an aromatic ring is 1. The Morgan fingerprint density at radius 2 is 1.96 bits per heavy atom. The van der Waals surface area contributed by atoms with Crippen molar-refractivity contribution in [1.82, 2.24) is 4.98 Å². The Labute approximate surface area is 146 Å². The van der Waals surface area contributed by atoms with Crippen molar-refractivity contribution in [1.29, 1.82) is 0 Å². The Morgan fingerprint density at radius 1 is 1.12 bits per heavy atom. The number of thioether (sulfide) groups is 1. The molecule has 0 bridgehead atoms. The van der Waals surface area contributed by atoms with Crippen molar-refractivity contribution in [2.45, 2.75) is 18.4 Å². The quantitative estimate of drug-likeness (QED) is 0.550. The van der Waals surface area contributed by atoms with Crippen LogP contribution in [0.5, 0.6) is 11.5 Å². The highest BCUT2D eigenvalue weighted by Crippen LogP contribution is 2.35. The van der Waals surface area contributed by atoms with Gasteiger partial charge < -0.3 is 15.2 Å². The first-order valence-electron chi connectivity index (χ1n) is 7.62. The number of fused-ring (bicyclic) bond motifs is 1. The fourth-order valence-electron chi connectivity index (χ4n) is 2.65. The number of hydrogen-bond donors (Lipinski definition) is 1. The molecule has 0 atom stereocenters. The Balaban J connectivity index is 1.88. The predicted molar refractivity (Wildman–Crippen MR) is 100.0 cm³/mol. The number of hydrogen-bond acceptors (Lipinski definition) is 5. The maximum absolute atomic E-state index is 6.07. The van der Waals surface area contributed by atoms with Crippen molar-refractivity contribution < 1.29 is 9.47 Å². The number of aryl methyl sites for hydroxylation is 1. The summed E-state index contributed by atoms with van der Waals surface area (Å²) in [6.07, 6.45) is 2.00. The molecule has 1 heterocycles. The Morgan fingerprint density at radius 3 is 2.71 bits per heavy atom. The van der Waals surface area contributed by atoms with Crippen molar-refractivity contribution in [2.24, 2.45) is 0 Å². The minimum atomic E-state index is 0.398. The SMILES string of the molecule is COc1ccc(N)c(SC)c1COc1ccc2nc(C)ccc2c1. The largest absolute Gasteiger partial charge is 0.496 e. The average Bonchev–Trinajstić information content (AvgIpc) is 2.59. The second-order valence-corrected chi connectivity index (χ2v) is 6.28. The van der Waals surface area contributed by atoms with Crippen LogP contribution in [-0.4, -0.2) is 18.3 Å². The number of pyridine rings is 1. The number of aromatic nitrogens is 1. The Bertz CT molecular complexity index is 881. The molecular formula is C19H20N2O2S. The van der Waals surface area contributed by atoms with Crippen molar-refractivity contribution in [3.05, 3.63) is 53.7 Å². The highest BCUT2D eigenvalue weighted by atomic mass is 32.2. The van der Waals surface area contributed by atoms with Gasteiger partial charge in [-0.05, 0) is 49.6 Å². The van der Waals surface area contributed by atoms with Gasteiger partial charge >= 0.3 is 0 Å². The molecule has 5 heteroatoms. The lowest BCUT2D eigenvalue weighted by Gasteiger charge is -2.15. The van der Waals surface area contributed by atoms with E-state index in [-0.39, 0.29) is 0 Å². The smallest absolute Gasteiger partial charge is 0.126 e. The van der Waals surface area contributed by atoms with Gasteiger partial charge in [-0.15, -0.1) is 11.8 Å². The van der Waals surface area contributed by atoms with Crippen molar-refractivity contribution in [2.75, 3.05) is 19.1 Å². The summed E-state index contributed by atoms with van der Waals surface area (Å²) < 4.78 is 11.4. The molecule has 124 valence electrons. The molecule has 0 amide bonds. The van der Waals surface area contributed by atoms with Gasteiger partial charge in [-0.1, -0.05) is 6.07 Å². The van der Waals surface area contributed by atoms with Crippen LogP contribution in [0.15, 0.2) is 47.4 Å². The van der Waals surface area contributed by atoms with Crippen LogP contribution in [0, 0.1) is 6.92 Å². The molecule has 3 aromatic rings. The minimum Gasteiger partial charge on any atom is -0.496 e. The van der Waals surface area contributed by atoms with E-state index in [1.165, 1.54) is 0 Å². The van der Waals surface area contributed by atoms with Gasteiger partial charge in [-0.25, -0.2) is 0 Å². The summed E-state index contributed by atoms with van der Waals surface area (Å²) in [7, 11) is 1.66. The number of methoxy groups -OCH3 is 1. The molecule has 0 aliphatic rings. The highest BCUT2D eigenvalue weighted by Gasteiger charge is 2.13. The molecule has 0 fully saturated rings. The third-order valence-corrected chi connectivity index (χ3v) is 4.75. The van der Waals surface area contributed by atoms with Crippen LogP contribution in [0.4, 0.5) is 5.69 Å². The molecule has 0 aliphatic heterocycles. The monoisotopic (exact) mass is 340 g/mol. The lowest BCUT2D eigenvalue weighted by Crippen LogP contribution is -2.03. The molecule has 3 rings (SSSR count). The van der Waals surface area contributed by atoms with Gasteiger partial charge in [0.1, 0.15) is 18.1 Å². The molecule has 0 aliphatic carbocycles. The zero-order valence-electron chi connectivity index (χ0n) is 14.0. The minimum absolute atomic E-state index is 0.398. The fraction of sp³-hybridized carbons (Fsp3) is 0.211. The van der Waals surface area contributed by atoms with E-state index >= 15 is 0 Å². The second kappa shape index (κ2) is 7.01. The van der Waals surface area contributed by atoms with E-state index in [2.05, 4.69) is 11.1 Å². The second-order valence-electron chi connectivity index (χ2n) is 5.46. The van der Waals surface area contributed by atoms with Crippen molar-refractivity contribution >= 4 is 28.4 Å². The molecule has 4 nitrogen and oxygen atoms in total. The summed E-state index contributed by atoms with van der Waals surface area (Å²) >= 11 is 1.60. The number of anilines is 1. The summed E-state index contributed by atoms with van der Waals surface area (Å²) in [5.74, 6) is 1.58. The first-order chi connectivity index (χ1) is 11.6. The maximum Gasteiger partial charge on any atom is 0.126 e. The van der Waals surface area contributed by atoms with Crippen LogP contribution in [0.1, 0.15) is 11.3 Å². The fourth-order valence-corrected chi connectivity index (χ4v) is 3.36. The molecule has 0 radical (unpaired) electrons. The molecule has 2 aromatic carbocycles. The molecule has 0 spiro atoms. The first kappa shape index (κ1) is 16.5. The van der Waals surface area contributed by atoms with E-state index in [9.17, 15) is 0 Å². The molecule has 0 unspecified atom stereocenters. The van der Waals surface area contributed by atoms with Crippen molar-refractivity contribution in [3.63, 3.8) is 0 Å². The molecule has 1 aromatic heterocycles. The van der Waals surface area contributed by atoms with Gasteiger partial charge in [0.15, 0.2) is 0 Å². The van der Waals surface area contributed by atoms with Crippen LogP contribution in [0.3, 0.4) is 0 Å². The van der Waals surface area contributed by atoms with Gasteiger partial charge in [0.2, 0.25) is 0 Å². The molecule has 0 saturated carbocycles. The zero-order chi connectivity index (χ0) is 17.1. The highest BCUT2D eigenvalue weighted by molar-refractivity contribution is 7.98. The molecule has 0 saturated heterocycles. The Hall–Kier alpha value is -2.40. The van der Waals surface area contributed by atoms with Crippen LogP contribution < -0.4 is 15.2 Å². The van der Waals surface area contributed by atoms with Gasteiger partial charge in [0.05, 0.1) is 12.6 Å². The Kier molecular flexibility index (Phi) is 4.81. The van der Waals surface area contributed by atoms with Crippen molar-refractivity contribution in [3.8, 4) is 11.5 Å². The van der Waals surface area contributed by atoms with E-state index in [1.54, 1.807) is 18.9 Å². The lowest BCUT2D eigenvalue weighted by atomic mass is 10.1. The van der Waals surface area contributed by atoms with E-state index in [0.29, 0.717) is 6.61 Å². The van der Waals surface area contributed by atoms with Crippen LogP contribution in [-0.2, 0) is 6.61 Å². The third kappa shape index (κ3) is 3.26. The van der Waals surface area contributed by atoms with E-state index in [1.807, 2.05) is 49.6 Å². The van der Waals surface area contributed by atoms with E-state index < -0.39 is 0 Å². The van der Waals surface area contributed by atoms with Crippen LogP contribution >= 0.6 is 11.8 Å². The summed E-state index contributed by atoms with van der Waals surface area (Å²) in [6.45, 7) is 2.38. The first-order valence-corrected chi connectivity index (χ1v) is 8.84. The molecule has 24 heavy (non-hydrogen) atoms. The number of nitrogens with zero attached hydrogens (tertiary/aromatic N) is 1. The number of ether oxygens (including phenoxy) is 2. The number of rotatable bonds is 5. The standard InChI is InChI=1S/C19H20N2O2S/c1-12-4-5-13-10-14(6-8-17(13)21-12)23-11-15-18(22-2)9-7-16(20)19(15)24-3/h4-10H,11,20H2,1-3H3. The zero-order valence-corrected chi connectivity index (χ0v) is 14.8.